The smallest absolute Gasteiger partial charge is 0.207 e. The van der Waals surface area contributed by atoms with E-state index in [1.54, 1.807) is 0 Å². The Morgan fingerprint density at radius 1 is 1.26 bits per heavy atom. The average Bonchev–Trinajstić information content (AvgIpc) is 2.76. The van der Waals surface area contributed by atoms with Crippen molar-refractivity contribution in [2.45, 2.75) is 11.1 Å². The van der Waals surface area contributed by atoms with E-state index >= 15 is 0 Å². The fourth-order valence-electron chi connectivity index (χ4n) is 1.44. The predicted molar refractivity (Wildman–Crippen MR) is 65.6 cm³/mol. The van der Waals surface area contributed by atoms with Crippen LogP contribution in [0.5, 0.6) is 0 Å². The van der Waals surface area contributed by atoms with Gasteiger partial charge >= 0.3 is 6.18 Å². The lowest BCUT2D eigenvalue weighted by atomic mass is 10.1. The van der Waals surface area contributed by atoms with E-state index in [1.807, 2.05) is 0 Å². The second-order valence-electron chi connectivity index (χ2n) is 3.54. The molecule has 0 aliphatic carbocycles. The second kappa shape index (κ2) is 4.77. The Bertz CT molecular complexity index is 710. The molecule has 2 aromatic rings. The van der Waals surface area contributed by atoms with Crippen molar-refractivity contribution >= 4 is 31.3 Å². The molecular weight excluding hydrogens is 323 g/mol. The molecule has 19 heavy (non-hydrogen) atoms. The van der Waals surface area contributed by atoms with Crippen LogP contribution in [0.15, 0.2) is 34.5 Å². The zero-order valence-electron chi connectivity index (χ0n) is 8.98. The average molecular weight is 328 g/mol. The first-order chi connectivity index (χ1) is 8.69. The lowest BCUT2D eigenvalue weighted by Crippen LogP contribution is -2.04. The van der Waals surface area contributed by atoms with Crippen molar-refractivity contribution in [3.63, 3.8) is 0 Å². The molecule has 0 amide bonds. The minimum atomic E-state index is -4.51. The molecule has 0 aliphatic rings. The number of alkyl halides is 3. The van der Waals surface area contributed by atoms with Crippen molar-refractivity contribution in [1.29, 1.82) is 0 Å². The van der Waals surface area contributed by atoms with Crippen LogP contribution in [-0.2, 0) is 15.2 Å². The third kappa shape index (κ3) is 3.07. The van der Waals surface area contributed by atoms with Gasteiger partial charge in [-0.25, -0.2) is 8.42 Å². The van der Waals surface area contributed by atoms with Crippen molar-refractivity contribution in [1.82, 2.24) is 4.37 Å². The number of aromatic nitrogens is 1. The van der Waals surface area contributed by atoms with Gasteiger partial charge in [0.05, 0.1) is 5.56 Å². The molecule has 1 aromatic carbocycles. The molecule has 0 aliphatic heterocycles. The minimum absolute atomic E-state index is 0.0512. The monoisotopic (exact) mass is 327 g/mol. The Labute approximate surface area is 115 Å². The fraction of sp³-hybridized carbons (Fsp3) is 0.100. The number of hydrogen-bond donors (Lipinski definition) is 0. The molecule has 0 radical (unpaired) electrons. The molecule has 0 atom stereocenters. The van der Waals surface area contributed by atoms with Gasteiger partial charge in [-0.2, -0.15) is 17.5 Å². The zero-order valence-corrected chi connectivity index (χ0v) is 11.4. The maximum Gasteiger partial charge on any atom is 0.416 e. The lowest BCUT2D eigenvalue weighted by Gasteiger charge is -2.08. The predicted octanol–water partition coefficient (Wildman–Crippen LogP) is 3.76. The Hall–Kier alpha value is -1.12. The van der Waals surface area contributed by atoms with Crippen LogP contribution >= 0.6 is 22.2 Å². The van der Waals surface area contributed by atoms with Gasteiger partial charge in [0.25, 0.3) is 9.05 Å². The summed E-state index contributed by atoms with van der Waals surface area (Å²) in [5.74, 6) is 0. The van der Waals surface area contributed by atoms with Crippen LogP contribution < -0.4 is 0 Å². The van der Waals surface area contributed by atoms with E-state index in [0.717, 1.165) is 23.7 Å². The summed E-state index contributed by atoms with van der Waals surface area (Å²) < 4.78 is 64.1. The van der Waals surface area contributed by atoms with Gasteiger partial charge in [-0.3, -0.25) is 0 Å². The normalized spacial score (nSPS) is 12.6. The van der Waals surface area contributed by atoms with Gasteiger partial charge in [0, 0.05) is 21.6 Å². The molecular formula is C10H5ClF3NO2S2. The zero-order chi connectivity index (χ0) is 14.3. The van der Waals surface area contributed by atoms with Crippen LogP contribution in [0.4, 0.5) is 13.2 Å². The molecule has 0 saturated carbocycles. The van der Waals surface area contributed by atoms with E-state index in [-0.39, 0.29) is 16.2 Å². The van der Waals surface area contributed by atoms with E-state index in [0.29, 0.717) is 0 Å². The van der Waals surface area contributed by atoms with E-state index < -0.39 is 20.8 Å². The van der Waals surface area contributed by atoms with E-state index in [4.69, 9.17) is 10.7 Å². The van der Waals surface area contributed by atoms with Crippen LogP contribution in [-0.4, -0.2) is 12.8 Å². The van der Waals surface area contributed by atoms with Gasteiger partial charge in [0.15, 0.2) is 0 Å². The van der Waals surface area contributed by atoms with Gasteiger partial charge in [0.2, 0.25) is 0 Å². The largest absolute Gasteiger partial charge is 0.416 e. The summed E-state index contributed by atoms with van der Waals surface area (Å²) in [5, 5.41) is 1.18. The van der Waals surface area contributed by atoms with E-state index in [9.17, 15) is 21.6 Å². The molecule has 0 fully saturated rings. The highest BCUT2D eigenvalue weighted by Crippen LogP contribution is 2.34. The number of rotatable bonds is 2. The molecule has 0 N–H and O–H groups in total. The Kier molecular flexibility index (Phi) is 3.59. The van der Waals surface area contributed by atoms with Crippen molar-refractivity contribution < 1.29 is 21.6 Å². The highest BCUT2D eigenvalue weighted by Gasteiger charge is 2.31. The Balaban J connectivity index is 2.59. The van der Waals surface area contributed by atoms with E-state index in [1.165, 1.54) is 17.5 Å². The number of nitrogens with zero attached hydrogens (tertiary/aromatic N) is 1. The first-order valence-electron chi connectivity index (χ1n) is 4.76. The molecule has 1 aromatic heterocycles. The van der Waals surface area contributed by atoms with E-state index in [2.05, 4.69) is 4.37 Å². The molecule has 2 rings (SSSR count). The summed E-state index contributed by atoms with van der Waals surface area (Å²) in [6.07, 6.45) is -4.51. The molecule has 0 spiro atoms. The van der Waals surface area contributed by atoms with Crippen molar-refractivity contribution in [3.8, 4) is 11.3 Å². The first-order valence-corrected chi connectivity index (χ1v) is 7.91. The number of halogens is 4. The SMILES string of the molecule is O=S(=O)(Cl)c1csnc1-c1cccc(C(F)(F)F)c1. The maximum absolute atomic E-state index is 12.6. The van der Waals surface area contributed by atoms with Crippen molar-refractivity contribution in [2.24, 2.45) is 0 Å². The van der Waals surface area contributed by atoms with Gasteiger partial charge in [-0.05, 0) is 23.7 Å². The Morgan fingerprint density at radius 3 is 2.53 bits per heavy atom. The fourth-order valence-corrected chi connectivity index (χ4v) is 3.60. The van der Waals surface area contributed by atoms with Crippen molar-refractivity contribution in [3.05, 3.63) is 35.2 Å². The molecule has 0 unspecified atom stereocenters. The molecule has 102 valence electrons. The summed E-state index contributed by atoms with van der Waals surface area (Å²) in [4.78, 5) is -0.293. The summed E-state index contributed by atoms with van der Waals surface area (Å²) >= 11 is 0.806. The van der Waals surface area contributed by atoms with Gasteiger partial charge in [0.1, 0.15) is 10.6 Å². The van der Waals surface area contributed by atoms with Crippen LogP contribution in [0.3, 0.4) is 0 Å². The minimum Gasteiger partial charge on any atom is -0.207 e. The summed E-state index contributed by atoms with van der Waals surface area (Å²) in [5.41, 5.74) is -0.905. The topological polar surface area (TPSA) is 47.0 Å². The van der Waals surface area contributed by atoms with Crippen LogP contribution in [0, 0.1) is 0 Å². The standard InChI is InChI=1S/C10H5ClF3NO2S2/c11-19(16,17)8-5-18-15-9(8)6-2-1-3-7(4-6)10(12,13)14/h1-5H. The third-order valence-corrected chi connectivity index (χ3v) is 4.38. The number of hydrogen-bond acceptors (Lipinski definition) is 4. The highest BCUT2D eigenvalue weighted by molar-refractivity contribution is 8.14. The first kappa shape index (κ1) is 14.3. The molecule has 0 saturated heterocycles. The highest BCUT2D eigenvalue weighted by atomic mass is 35.7. The third-order valence-electron chi connectivity index (χ3n) is 2.26. The maximum atomic E-state index is 12.6. The summed E-state index contributed by atoms with van der Waals surface area (Å²) in [6.45, 7) is 0. The summed E-state index contributed by atoms with van der Waals surface area (Å²) in [7, 11) is 1.15. The second-order valence-corrected chi connectivity index (χ2v) is 6.71. The van der Waals surface area contributed by atoms with Crippen molar-refractivity contribution in [2.75, 3.05) is 0 Å². The van der Waals surface area contributed by atoms with Gasteiger partial charge < -0.3 is 0 Å². The molecule has 9 heteroatoms. The van der Waals surface area contributed by atoms with Gasteiger partial charge in [-0.1, -0.05) is 12.1 Å². The lowest BCUT2D eigenvalue weighted by molar-refractivity contribution is -0.137. The quantitative estimate of drug-likeness (QED) is 0.789. The Morgan fingerprint density at radius 2 is 1.95 bits per heavy atom. The molecule has 3 nitrogen and oxygen atoms in total. The van der Waals surface area contributed by atoms with Gasteiger partial charge in [-0.15, -0.1) is 0 Å². The van der Waals surface area contributed by atoms with Crippen LogP contribution in [0.1, 0.15) is 5.56 Å². The van der Waals surface area contributed by atoms with Crippen LogP contribution in [0.2, 0.25) is 0 Å². The molecule has 1 heterocycles. The van der Waals surface area contributed by atoms with Crippen LogP contribution in [0.25, 0.3) is 11.3 Å². The number of benzene rings is 1. The summed E-state index contributed by atoms with van der Waals surface area (Å²) in [6, 6.07) is 4.25. The molecule has 0 bridgehead atoms.